The molecule has 0 spiro atoms. The van der Waals surface area contributed by atoms with Crippen LogP contribution in [0.2, 0.25) is 0 Å². The zero-order valence-electron chi connectivity index (χ0n) is 7.46. The molecule has 0 radical (unpaired) electrons. The molecule has 0 saturated heterocycles. The third kappa shape index (κ3) is 9.84. The third-order valence-electron chi connectivity index (χ3n) is 1.38. The van der Waals surface area contributed by atoms with Gasteiger partial charge in [-0.15, -0.1) is 0 Å². The number of nitrogens with one attached hydrogen (secondary N) is 1. The molecule has 0 heterocycles. The van der Waals surface area contributed by atoms with Crippen LogP contribution in [-0.2, 0) is 4.74 Å². The molecule has 0 saturated carbocycles. The first-order chi connectivity index (χ1) is 5.91. The van der Waals surface area contributed by atoms with Crippen LogP contribution in [0.25, 0.3) is 0 Å². The minimum absolute atomic E-state index is 0.192. The average molecular weight is 177 g/mol. The summed E-state index contributed by atoms with van der Waals surface area (Å²) in [6.07, 6.45) is 1.49. The first-order valence-electron chi connectivity index (χ1n) is 4.42. The molecule has 0 unspecified atom stereocenters. The largest absolute Gasteiger partial charge is 0.396 e. The Morgan fingerprint density at radius 2 is 1.67 bits per heavy atom. The quantitative estimate of drug-likeness (QED) is 0.410. The molecule has 3 N–H and O–H groups in total. The van der Waals surface area contributed by atoms with Crippen molar-refractivity contribution in [3.63, 3.8) is 0 Å². The van der Waals surface area contributed by atoms with Gasteiger partial charge in [-0.05, 0) is 19.4 Å². The fourth-order valence-electron chi connectivity index (χ4n) is 0.742. The number of hydrogen-bond donors (Lipinski definition) is 3. The molecule has 0 rings (SSSR count). The average Bonchev–Trinajstić information content (AvgIpc) is 2.10. The van der Waals surface area contributed by atoms with Crippen molar-refractivity contribution in [2.45, 2.75) is 12.8 Å². The van der Waals surface area contributed by atoms with Crippen molar-refractivity contribution in [3.05, 3.63) is 0 Å². The van der Waals surface area contributed by atoms with Gasteiger partial charge in [-0.1, -0.05) is 0 Å². The van der Waals surface area contributed by atoms with Crippen molar-refractivity contribution in [2.24, 2.45) is 0 Å². The van der Waals surface area contributed by atoms with Crippen LogP contribution in [0.5, 0.6) is 0 Å². The van der Waals surface area contributed by atoms with Gasteiger partial charge in [0.15, 0.2) is 0 Å². The van der Waals surface area contributed by atoms with E-state index in [-0.39, 0.29) is 13.2 Å². The first-order valence-corrected chi connectivity index (χ1v) is 4.42. The highest BCUT2D eigenvalue weighted by Gasteiger charge is 1.88. The molecule has 0 atom stereocenters. The molecule has 0 aromatic heterocycles. The molecule has 4 nitrogen and oxygen atoms in total. The minimum atomic E-state index is 0.192. The van der Waals surface area contributed by atoms with Gasteiger partial charge in [-0.3, -0.25) is 0 Å². The van der Waals surface area contributed by atoms with Gasteiger partial charge < -0.3 is 20.3 Å². The van der Waals surface area contributed by atoms with Gasteiger partial charge in [-0.25, -0.2) is 0 Å². The van der Waals surface area contributed by atoms with Crippen molar-refractivity contribution in [2.75, 3.05) is 39.5 Å². The molecule has 0 aromatic rings. The SMILES string of the molecule is OCCCNCCOCCCO. The molecule has 0 bridgehead atoms. The standard InChI is InChI=1S/C8H19NO3/c10-5-1-3-9-4-8-12-7-2-6-11/h9-11H,1-8H2. The van der Waals surface area contributed by atoms with Crippen LogP contribution < -0.4 is 5.32 Å². The second-order valence-corrected chi connectivity index (χ2v) is 2.52. The Bertz CT molecular complexity index is 70.7. The maximum Gasteiger partial charge on any atom is 0.0590 e. The van der Waals surface area contributed by atoms with Crippen LogP contribution in [0, 0.1) is 0 Å². The Balaban J connectivity index is 2.73. The van der Waals surface area contributed by atoms with Gasteiger partial charge in [-0.2, -0.15) is 0 Å². The lowest BCUT2D eigenvalue weighted by atomic mass is 10.4. The van der Waals surface area contributed by atoms with E-state index >= 15 is 0 Å². The summed E-state index contributed by atoms with van der Waals surface area (Å²) in [5.41, 5.74) is 0. The Morgan fingerprint density at radius 3 is 2.33 bits per heavy atom. The Labute approximate surface area is 73.5 Å². The summed E-state index contributed by atoms with van der Waals surface area (Å²) in [7, 11) is 0. The smallest absolute Gasteiger partial charge is 0.0590 e. The molecule has 0 amide bonds. The van der Waals surface area contributed by atoms with Crippen molar-refractivity contribution in [1.29, 1.82) is 0 Å². The molecule has 4 heteroatoms. The van der Waals surface area contributed by atoms with E-state index in [4.69, 9.17) is 14.9 Å². The highest BCUT2D eigenvalue weighted by Crippen LogP contribution is 1.79. The molecule has 74 valence electrons. The van der Waals surface area contributed by atoms with Crippen LogP contribution in [0.15, 0.2) is 0 Å². The minimum Gasteiger partial charge on any atom is -0.396 e. The van der Waals surface area contributed by atoms with Crippen molar-refractivity contribution >= 4 is 0 Å². The maximum absolute atomic E-state index is 8.44. The van der Waals surface area contributed by atoms with Crippen molar-refractivity contribution in [3.8, 4) is 0 Å². The van der Waals surface area contributed by atoms with Crippen LogP contribution in [0.3, 0.4) is 0 Å². The van der Waals surface area contributed by atoms with Gasteiger partial charge in [0.1, 0.15) is 0 Å². The zero-order chi connectivity index (χ0) is 9.07. The van der Waals surface area contributed by atoms with E-state index in [2.05, 4.69) is 5.32 Å². The predicted molar refractivity (Wildman–Crippen MR) is 47.1 cm³/mol. The van der Waals surface area contributed by atoms with Crippen molar-refractivity contribution in [1.82, 2.24) is 5.32 Å². The lowest BCUT2D eigenvalue weighted by Crippen LogP contribution is -2.21. The molecule has 12 heavy (non-hydrogen) atoms. The Kier molecular flexibility index (Phi) is 10.7. The van der Waals surface area contributed by atoms with Gasteiger partial charge >= 0.3 is 0 Å². The molecule has 0 aliphatic rings. The van der Waals surface area contributed by atoms with Gasteiger partial charge in [0.05, 0.1) is 6.61 Å². The fourth-order valence-corrected chi connectivity index (χ4v) is 0.742. The maximum atomic E-state index is 8.44. The topological polar surface area (TPSA) is 61.7 Å². The summed E-state index contributed by atoms with van der Waals surface area (Å²) in [5, 5.41) is 20.0. The van der Waals surface area contributed by atoms with Crippen molar-refractivity contribution < 1.29 is 14.9 Å². The highest BCUT2D eigenvalue weighted by molar-refractivity contribution is 4.45. The van der Waals surface area contributed by atoms with Gasteiger partial charge in [0, 0.05) is 26.4 Å². The second-order valence-electron chi connectivity index (χ2n) is 2.52. The van der Waals surface area contributed by atoms with E-state index < -0.39 is 0 Å². The summed E-state index contributed by atoms with van der Waals surface area (Å²) in [5.74, 6) is 0. The highest BCUT2D eigenvalue weighted by atomic mass is 16.5. The fraction of sp³-hybridized carbons (Fsp3) is 1.00. The lowest BCUT2D eigenvalue weighted by molar-refractivity contribution is 0.117. The third-order valence-corrected chi connectivity index (χ3v) is 1.38. The van der Waals surface area contributed by atoms with Gasteiger partial charge in [0.25, 0.3) is 0 Å². The summed E-state index contributed by atoms with van der Waals surface area (Å²) < 4.78 is 5.17. The number of aliphatic hydroxyl groups is 2. The summed E-state index contributed by atoms with van der Waals surface area (Å²) in [6, 6.07) is 0. The number of aliphatic hydroxyl groups excluding tert-OH is 2. The van der Waals surface area contributed by atoms with Gasteiger partial charge in [0.2, 0.25) is 0 Å². The number of rotatable bonds is 9. The number of hydrogen-bond acceptors (Lipinski definition) is 4. The zero-order valence-corrected chi connectivity index (χ0v) is 7.46. The molecule has 0 aromatic carbocycles. The van der Waals surface area contributed by atoms with E-state index in [9.17, 15) is 0 Å². The lowest BCUT2D eigenvalue weighted by Gasteiger charge is -2.04. The van der Waals surface area contributed by atoms with Crippen LogP contribution in [0.4, 0.5) is 0 Å². The van der Waals surface area contributed by atoms with Crippen LogP contribution >= 0.6 is 0 Å². The van der Waals surface area contributed by atoms with E-state index in [1.165, 1.54) is 0 Å². The van der Waals surface area contributed by atoms with E-state index in [0.717, 1.165) is 19.5 Å². The van der Waals surface area contributed by atoms with Crippen LogP contribution in [-0.4, -0.2) is 49.7 Å². The number of ether oxygens (including phenoxy) is 1. The molecule has 0 aliphatic heterocycles. The monoisotopic (exact) mass is 177 g/mol. The van der Waals surface area contributed by atoms with E-state index in [1.54, 1.807) is 0 Å². The summed E-state index contributed by atoms with van der Waals surface area (Å²) >= 11 is 0. The molecule has 0 aliphatic carbocycles. The van der Waals surface area contributed by atoms with E-state index in [1.807, 2.05) is 0 Å². The molecular formula is C8H19NO3. The van der Waals surface area contributed by atoms with Crippen LogP contribution in [0.1, 0.15) is 12.8 Å². The second kappa shape index (κ2) is 10.8. The predicted octanol–water partition coefficient (Wildman–Crippen LogP) is -0.643. The Hall–Kier alpha value is -0.160. The van der Waals surface area contributed by atoms with E-state index in [0.29, 0.717) is 19.6 Å². The molecular weight excluding hydrogens is 158 g/mol. The molecule has 0 fully saturated rings. The first kappa shape index (κ1) is 11.8. The summed E-state index contributed by atoms with van der Waals surface area (Å²) in [4.78, 5) is 0. The summed E-state index contributed by atoms with van der Waals surface area (Å²) in [6.45, 7) is 3.37. The normalized spacial score (nSPS) is 10.5. The Morgan fingerprint density at radius 1 is 0.917 bits per heavy atom.